The summed E-state index contributed by atoms with van der Waals surface area (Å²) >= 11 is 0. The second-order valence-corrected chi connectivity index (χ2v) is 15.5. The number of allylic oxidation sites excluding steroid dienone is 1. The molecule has 12 heteroatoms. The summed E-state index contributed by atoms with van der Waals surface area (Å²) in [6, 6.07) is 25.8. The van der Waals surface area contributed by atoms with Crippen LogP contribution in [-0.2, 0) is 37.3 Å². The molecule has 1 unspecified atom stereocenters. The van der Waals surface area contributed by atoms with Crippen LogP contribution in [-0.4, -0.2) is 50.5 Å². The van der Waals surface area contributed by atoms with Crippen molar-refractivity contribution >= 4 is 27.9 Å². The zero-order chi connectivity index (χ0) is 39.0. The monoisotopic (exact) mass is 755 g/mol. The molecule has 0 spiro atoms. The third-order valence-corrected chi connectivity index (χ3v) is 10.2. The molecule has 0 saturated heterocycles. The maximum atomic E-state index is 16.0. The van der Waals surface area contributed by atoms with Crippen LogP contribution in [0.2, 0.25) is 0 Å². The molecule has 284 valence electrons. The van der Waals surface area contributed by atoms with Crippen molar-refractivity contribution in [2.24, 2.45) is 11.8 Å². The predicted octanol–water partition coefficient (Wildman–Crippen LogP) is 7.59. The van der Waals surface area contributed by atoms with Crippen LogP contribution >= 0.6 is 0 Å². The number of nitrogens with zero attached hydrogens (tertiary/aromatic N) is 1. The number of hydrogen-bond acceptors (Lipinski definition) is 9. The van der Waals surface area contributed by atoms with E-state index >= 15 is 4.39 Å². The number of carbonyl (C=O) groups is 3. The fourth-order valence-corrected chi connectivity index (χ4v) is 7.36. The van der Waals surface area contributed by atoms with Crippen LogP contribution in [0, 0.1) is 17.7 Å². The number of amides is 1. The number of halogens is 1. The van der Waals surface area contributed by atoms with Crippen molar-refractivity contribution in [2.45, 2.75) is 65.0 Å². The molecule has 1 atom stereocenters. The largest absolute Gasteiger partial charge is 0.457 e. The summed E-state index contributed by atoms with van der Waals surface area (Å²) in [6.07, 6.45) is -0.191. The van der Waals surface area contributed by atoms with E-state index in [1.807, 2.05) is 50.4 Å². The Hall–Kier alpha value is -5.33. The molecule has 10 nitrogen and oxygen atoms in total. The number of hydrazine groups is 1. The summed E-state index contributed by atoms with van der Waals surface area (Å²) < 4.78 is 55.3. The Kier molecular flexibility index (Phi) is 13.0. The Morgan fingerprint density at radius 3 is 2.24 bits per heavy atom. The maximum Gasteiger partial charge on any atom is 0.421 e. The van der Waals surface area contributed by atoms with Gasteiger partial charge < -0.3 is 14.5 Å². The Balaban J connectivity index is 1.43. The van der Waals surface area contributed by atoms with Crippen molar-refractivity contribution in [3.05, 3.63) is 136 Å². The number of esters is 1. The maximum absolute atomic E-state index is 16.0. The predicted molar refractivity (Wildman–Crippen MR) is 204 cm³/mol. The number of rotatable bonds is 15. The van der Waals surface area contributed by atoms with E-state index in [0.29, 0.717) is 40.1 Å². The van der Waals surface area contributed by atoms with Gasteiger partial charge in [-0.2, -0.15) is 0 Å². The first kappa shape index (κ1) is 39.9. The van der Waals surface area contributed by atoms with Crippen molar-refractivity contribution in [2.75, 3.05) is 13.2 Å². The molecular formula is C42H46FN3O7S. The highest BCUT2D eigenvalue weighted by molar-refractivity contribution is 7.90. The summed E-state index contributed by atoms with van der Waals surface area (Å²) in [5.41, 5.74) is 6.66. The van der Waals surface area contributed by atoms with Crippen LogP contribution in [0.5, 0.6) is 0 Å². The van der Waals surface area contributed by atoms with E-state index in [1.54, 1.807) is 60.7 Å². The average Bonchev–Trinajstić information content (AvgIpc) is 3.51. The lowest BCUT2D eigenvalue weighted by Gasteiger charge is -2.24. The minimum absolute atomic E-state index is 0.000717. The highest BCUT2D eigenvalue weighted by Crippen LogP contribution is 2.33. The number of nitrogens with one attached hydrogen (secondary N) is 2. The lowest BCUT2D eigenvalue weighted by atomic mass is 9.94. The molecule has 1 heterocycles. The minimum Gasteiger partial charge on any atom is -0.457 e. The molecule has 0 aliphatic carbocycles. The molecule has 0 saturated carbocycles. The number of ketones is 1. The van der Waals surface area contributed by atoms with Crippen LogP contribution in [0.3, 0.4) is 0 Å². The highest BCUT2D eigenvalue weighted by Gasteiger charge is 2.38. The lowest BCUT2D eigenvalue weighted by molar-refractivity contribution is -0.140. The van der Waals surface area contributed by atoms with E-state index in [0.717, 1.165) is 6.42 Å². The van der Waals surface area contributed by atoms with E-state index in [9.17, 15) is 22.8 Å². The number of hydrogen-bond donors (Lipinski definition) is 2. The first-order valence-corrected chi connectivity index (χ1v) is 19.5. The molecule has 1 amide bonds. The Morgan fingerprint density at radius 1 is 0.870 bits per heavy atom. The van der Waals surface area contributed by atoms with E-state index in [2.05, 4.69) is 5.43 Å². The lowest BCUT2D eigenvalue weighted by Crippen LogP contribution is -2.41. The van der Waals surface area contributed by atoms with Gasteiger partial charge in [0.2, 0.25) is 0 Å². The van der Waals surface area contributed by atoms with Gasteiger partial charge in [0.15, 0.2) is 5.78 Å². The number of benzene rings is 4. The van der Waals surface area contributed by atoms with Crippen molar-refractivity contribution in [3.8, 4) is 11.1 Å². The zero-order valence-electron chi connectivity index (χ0n) is 31.1. The van der Waals surface area contributed by atoms with Gasteiger partial charge in [0.25, 0.3) is 10.0 Å². The topological polar surface area (TPSA) is 131 Å². The second-order valence-electron chi connectivity index (χ2n) is 13.9. The molecule has 4 aromatic rings. The van der Waals surface area contributed by atoms with Crippen LogP contribution in [0.25, 0.3) is 11.1 Å². The van der Waals surface area contributed by atoms with E-state index in [1.165, 1.54) is 30.3 Å². The van der Waals surface area contributed by atoms with Crippen molar-refractivity contribution in [1.29, 1.82) is 0 Å². The fraction of sp³-hybridized carbons (Fsp3) is 0.310. The summed E-state index contributed by atoms with van der Waals surface area (Å²) in [5, 5.41) is 1.91. The second kappa shape index (κ2) is 17.7. The third-order valence-electron chi connectivity index (χ3n) is 8.87. The SMILES string of the molecule is CCCN1NC(C(C)C)C(C(=O)OCc2ccccc2C(=O)c2ccccc2)=C1Cc1ccc(-c2ccccc2S(=O)(=O)NC(=O)OCC(C)C)c(F)c1. The van der Waals surface area contributed by atoms with Gasteiger partial charge in [-0.25, -0.2) is 32.5 Å². The summed E-state index contributed by atoms with van der Waals surface area (Å²) in [5.74, 6) is -1.42. The van der Waals surface area contributed by atoms with Gasteiger partial charge in [0, 0.05) is 46.5 Å². The van der Waals surface area contributed by atoms with Gasteiger partial charge in [0.1, 0.15) is 12.4 Å². The smallest absolute Gasteiger partial charge is 0.421 e. The van der Waals surface area contributed by atoms with Crippen LogP contribution in [0.15, 0.2) is 113 Å². The van der Waals surface area contributed by atoms with E-state index in [4.69, 9.17) is 9.47 Å². The van der Waals surface area contributed by atoms with Gasteiger partial charge >= 0.3 is 12.1 Å². The molecule has 5 rings (SSSR count). The van der Waals surface area contributed by atoms with Gasteiger partial charge in [0.05, 0.1) is 23.1 Å². The first-order valence-electron chi connectivity index (χ1n) is 18.0. The molecule has 0 radical (unpaired) electrons. The summed E-state index contributed by atoms with van der Waals surface area (Å²) in [6.45, 7) is 10.1. The first-order chi connectivity index (χ1) is 25.8. The van der Waals surface area contributed by atoms with E-state index in [-0.39, 0.29) is 59.3 Å². The molecule has 1 aliphatic heterocycles. The summed E-state index contributed by atoms with van der Waals surface area (Å²) in [7, 11) is -4.41. The zero-order valence-corrected chi connectivity index (χ0v) is 31.9. The molecule has 4 aromatic carbocycles. The van der Waals surface area contributed by atoms with Crippen LogP contribution < -0.4 is 10.1 Å². The standard InChI is InChI=1S/C42H46FN3O7S/c1-6-22-46-36(24-29-20-21-33(35(43)23-29)34-18-12-13-19-37(34)54(50,51)45-42(49)53-25-27(2)3)38(39(44-46)28(4)5)41(48)52-26-31-16-10-11-17-32(31)40(47)30-14-8-7-9-15-30/h7-21,23,27-28,39,44H,6,22,24-26H2,1-5H3,(H,45,49). The Morgan fingerprint density at radius 2 is 1.56 bits per heavy atom. The molecular weight excluding hydrogens is 710 g/mol. The normalized spacial score (nSPS) is 14.4. The fourth-order valence-electron chi connectivity index (χ4n) is 6.25. The Bertz CT molecular complexity index is 2130. The quantitative estimate of drug-likeness (QED) is 0.0931. The van der Waals surface area contributed by atoms with Gasteiger partial charge in [-0.1, -0.05) is 120 Å². The summed E-state index contributed by atoms with van der Waals surface area (Å²) in [4.78, 5) is 39.3. The number of sulfonamides is 1. The van der Waals surface area contributed by atoms with Crippen molar-refractivity contribution < 1.29 is 36.7 Å². The van der Waals surface area contributed by atoms with Gasteiger partial charge in [-0.3, -0.25) is 4.79 Å². The van der Waals surface area contributed by atoms with E-state index < -0.39 is 27.9 Å². The number of carbonyl (C=O) groups excluding carboxylic acids is 3. The molecule has 0 fully saturated rings. The average molecular weight is 756 g/mol. The third kappa shape index (κ3) is 9.42. The molecule has 1 aliphatic rings. The van der Waals surface area contributed by atoms with Crippen LogP contribution in [0.4, 0.5) is 9.18 Å². The van der Waals surface area contributed by atoms with Crippen molar-refractivity contribution in [1.82, 2.24) is 15.2 Å². The van der Waals surface area contributed by atoms with Gasteiger partial charge in [-0.05, 0) is 36.0 Å². The molecule has 54 heavy (non-hydrogen) atoms. The highest BCUT2D eigenvalue weighted by atomic mass is 32.2. The molecule has 0 aromatic heterocycles. The molecule has 2 N–H and O–H groups in total. The molecule has 0 bridgehead atoms. The minimum atomic E-state index is -4.41. The van der Waals surface area contributed by atoms with Crippen molar-refractivity contribution in [3.63, 3.8) is 0 Å². The van der Waals surface area contributed by atoms with Crippen LogP contribution in [0.1, 0.15) is 68.1 Å². The number of ether oxygens (including phenoxy) is 2. The Labute approximate surface area is 316 Å². The van der Waals surface area contributed by atoms with Gasteiger partial charge in [-0.15, -0.1) is 0 Å².